The molecular formula is C18H19N3. The van der Waals surface area contributed by atoms with Crippen LogP contribution in [-0.2, 0) is 12.8 Å². The van der Waals surface area contributed by atoms with Crippen LogP contribution in [0.4, 0.5) is 11.4 Å². The number of pyridine rings is 1. The van der Waals surface area contributed by atoms with E-state index in [9.17, 15) is 0 Å². The molecule has 0 saturated heterocycles. The van der Waals surface area contributed by atoms with Gasteiger partial charge in [-0.3, -0.25) is 4.98 Å². The van der Waals surface area contributed by atoms with Crippen LogP contribution in [0.2, 0.25) is 0 Å². The Kier molecular flexibility index (Phi) is 2.92. The second-order valence-electron chi connectivity index (χ2n) is 5.78. The first-order valence-corrected chi connectivity index (χ1v) is 7.60. The molecule has 0 amide bonds. The molecule has 0 bridgehead atoms. The van der Waals surface area contributed by atoms with E-state index in [-0.39, 0.29) is 0 Å². The van der Waals surface area contributed by atoms with Gasteiger partial charge in [-0.05, 0) is 61.6 Å². The van der Waals surface area contributed by atoms with Crippen LogP contribution in [0.25, 0.3) is 10.9 Å². The third-order valence-electron chi connectivity index (χ3n) is 4.52. The molecule has 0 saturated carbocycles. The van der Waals surface area contributed by atoms with E-state index in [4.69, 9.17) is 0 Å². The molecule has 0 spiro atoms. The molecule has 0 atom stereocenters. The highest BCUT2D eigenvalue weighted by molar-refractivity contribution is 5.89. The van der Waals surface area contributed by atoms with E-state index >= 15 is 0 Å². The van der Waals surface area contributed by atoms with Gasteiger partial charge in [0.15, 0.2) is 0 Å². The highest BCUT2D eigenvalue weighted by atomic mass is 15.1. The Balaban J connectivity index is 1.80. The van der Waals surface area contributed by atoms with Crippen LogP contribution in [0, 0.1) is 0 Å². The van der Waals surface area contributed by atoms with E-state index in [1.807, 2.05) is 24.5 Å². The van der Waals surface area contributed by atoms with Crippen molar-refractivity contribution in [1.29, 1.82) is 0 Å². The summed E-state index contributed by atoms with van der Waals surface area (Å²) in [7, 11) is 2.11. The number of aryl methyl sites for hydroxylation is 2. The topological polar surface area (TPSA) is 31.9 Å². The van der Waals surface area contributed by atoms with Gasteiger partial charge in [0.25, 0.3) is 0 Å². The molecule has 1 aliphatic carbocycles. The summed E-state index contributed by atoms with van der Waals surface area (Å²) < 4.78 is 0. The van der Waals surface area contributed by atoms with Crippen molar-refractivity contribution in [3.8, 4) is 0 Å². The Bertz CT molecular complexity index is 774. The van der Waals surface area contributed by atoms with E-state index in [1.165, 1.54) is 53.5 Å². The normalized spacial score (nSPS) is 14.1. The number of aromatic nitrogens is 2. The summed E-state index contributed by atoms with van der Waals surface area (Å²) in [6.07, 6.45) is 8.69. The fraction of sp³-hybridized carbons (Fsp3) is 0.278. The molecule has 3 aromatic rings. The number of aromatic amines is 1. The molecule has 0 radical (unpaired) electrons. The zero-order valence-electron chi connectivity index (χ0n) is 12.3. The van der Waals surface area contributed by atoms with Crippen molar-refractivity contribution >= 4 is 22.3 Å². The van der Waals surface area contributed by atoms with Crippen molar-refractivity contribution in [2.24, 2.45) is 0 Å². The molecule has 3 nitrogen and oxygen atoms in total. The van der Waals surface area contributed by atoms with E-state index in [1.54, 1.807) is 0 Å². The number of H-pyrrole nitrogens is 1. The van der Waals surface area contributed by atoms with E-state index in [0.717, 1.165) is 5.69 Å². The molecule has 1 aromatic carbocycles. The third-order valence-corrected chi connectivity index (χ3v) is 4.52. The summed E-state index contributed by atoms with van der Waals surface area (Å²) in [5.74, 6) is 0. The third kappa shape index (κ3) is 2.09. The fourth-order valence-corrected chi connectivity index (χ4v) is 3.32. The summed E-state index contributed by atoms with van der Waals surface area (Å²) in [5.41, 5.74) is 6.63. The van der Waals surface area contributed by atoms with Crippen molar-refractivity contribution in [3.05, 3.63) is 54.0 Å². The largest absolute Gasteiger partial charge is 0.358 e. The number of fused-ring (bicyclic) bond motifs is 3. The maximum atomic E-state index is 4.09. The Hall–Kier alpha value is -2.29. The lowest BCUT2D eigenvalue weighted by molar-refractivity contribution is 0.680. The predicted octanol–water partition coefficient (Wildman–Crippen LogP) is 4.21. The Labute approximate surface area is 124 Å². The van der Waals surface area contributed by atoms with Gasteiger partial charge < -0.3 is 9.88 Å². The van der Waals surface area contributed by atoms with E-state index in [2.05, 4.69) is 40.1 Å². The van der Waals surface area contributed by atoms with Crippen LogP contribution in [0.15, 0.2) is 42.7 Å². The second-order valence-corrected chi connectivity index (χ2v) is 5.78. The molecule has 106 valence electrons. The molecule has 2 heterocycles. The minimum Gasteiger partial charge on any atom is -0.358 e. The first kappa shape index (κ1) is 12.5. The van der Waals surface area contributed by atoms with Gasteiger partial charge in [-0.2, -0.15) is 0 Å². The van der Waals surface area contributed by atoms with Gasteiger partial charge >= 0.3 is 0 Å². The highest BCUT2D eigenvalue weighted by Gasteiger charge is 2.16. The van der Waals surface area contributed by atoms with Crippen molar-refractivity contribution in [2.75, 3.05) is 11.9 Å². The van der Waals surface area contributed by atoms with Crippen molar-refractivity contribution < 1.29 is 0 Å². The molecule has 0 aliphatic heterocycles. The first-order valence-electron chi connectivity index (χ1n) is 7.60. The smallest absolute Gasteiger partial charge is 0.0460 e. The number of anilines is 2. The molecule has 1 aliphatic rings. The lowest BCUT2D eigenvalue weighted by atomic mass is 9.95. The van der Waals surface area contributed by atoms with Crippen LogP contribution >= 0.6 is 0 Å². The first-order chi connectivity index (χ1) is 10.3. The van der Waals surface area contributed by atoms with Crippen LogP contribution in [-0.4, -0.2) is 17.0 Å². The summed E-state index contributed by atoms with van der Waals surface area (Å²) in [6, 6.07) is 10.8. The van der Waals surface area contributed by atoms with Gasteiger partial charge in [-0.1, -0.05) is 0 Å². The second kappa shape index (κ2) is 4.92. The van der Waals surface area contributed by atoms with Crippen LogP contribution in [0.3, 0.4) is 0 Å². The van der Waals surface area contributed by atoms with Gasteiger partial charge in [0.1, 0.15) is 0 Å². The van der Waals surface area contributed by atoms with E-state index in [0.29, 0.717) is 0 Å². The number of hydrogen-bond donors (Lipinski definition) is 1. The molecule has 2 aromatic heterocycles. The number of rotatable bonds is 2. The number of benzene rings is 1. The average Bonchev–Trinajstić information content (AvgIpc) is 2.93. The molecule has 0 unspecified atom stereocenters. The zero-order chi connectivity index (χ0) is 14.2. The fourth-order valence-electron chi connectivity index (χ4n) is 3.32. The molecule has 21 heavy (non-hydrogen) atoms. The Morgan fingerprint density at radius 3 is 2.67 bits per heavy atom. The van der Waals surface area contributed by atoms with Gasteiger partial charge in [0, 0.05) is 47.4 Å². The van der Waals surface area contributed by atoms with Crippen LogP contribution < -0.4 is 4.90 Å². The Morgan fingerprint density at radius 1 is 1.00 bits per heavy atom. The van der Waals surface area contributed by atoms with Gasteiger partial charge in [0.2, 0.25) is 0 Å². The minimum absolute atomic E-state index is 1.16. The molecule has 1 N–H and O–H groups in total. The van der Waals surface area contributed by atoms with Crippen molar-refractivity contribution in [1.82, 2.24) is 9.97 Å². The highest BCUT2D eigenvalue weighted by Crippen LogP contribution is 2.33. The van der Waals surface area contributed by atoms with Gasteiger partial charge in [0.05, 0.1) is 0 Å². The van der Waals surface area contributed by atoms with Gasteiger partial charge in [-0.25, -0.2) is 0 Å². The lowest BCUT2D eigenvalue weighted by Crippen LogP contribution is -2.09. The Morgan fingerprint density at radius 2 is 1.81 bits per heavy atom. The molecular weight excluding hydrogens is 258 g/mol. The quantitative estimate of drug-likeness (QED) is 0.761. The summed E-state index contributed by atoms with van der Waals surface area (Å²) in [6.45, 7) is 0. The monoisotopic (exact) mass is 277 g/mol. The lowest BCUT2D eigenvalue weighted by Gasteiger charge is -2.19. The summed E-state index contributed by atoms with van der Waals surface area (Å²) in [4.78, 5) is 9.89. The number of nitrogens with one attached hydrogen (secondary N) is 1. The molecule has 3 heteroatoms. The maximum Gasteiger partial charge on any atom is 0.0460 e. The average molecular weight is 277 g/mol. The van der Waals surface area contributed by atoms with Crippen LogP contribution in [0.1, 0.15) is 24.1 Å². The maximum absolute atomic E-state index is 4.09. The molecule has 0 fully saturated rings. The zero-order valence-corrected chi connectivity index (χ0v) is 12.3. The standard InChI is InChI=1S/C18H19N3/c1-21(13-8-10-19-11-9-13)14-6-7-18-16(12-14)15-4-2-3-5-17(15)20-18/h6-12,20H,2-5H2,1H3. The van der Waals surface area contributed by atoms with E-state index < -0.39 is 0 Å². The van der Waals surface area contributed by atoms with Gasteiger partial charge in [-0.15, -0.1) is 0 Å². The minimum atomic E-state index is 1.16. The predicted molar refractivity (Wildman–Crippen MR) is 87.2 cm³/mol. The SMILES string of the molecule is CN(c1ccncc1)c1ccc2[nH]c3c(c2c1)CCCC3. The van der Waals surface area contributed by atoms with Crippen molar-refractivity contribution in [2.45, 2.75) is 25.7 Å². The number of hydrogen-bond acceptors (Lipinski definition) is 2. The number of nitrogens with zero attached hydrogens (tertiary/aromatic N) is 2. The summed E-state index contributed by atoms with van der Waals surface area (Å²) >= 11 is 0. The van der Waals surface area contributed by atoms with Crippen LogP contribution in [0.5, 0.6) is 0 Å². The van der Waals surface area contributed by atoms with Crippen molar-refractivity contribution in [3.63, 3.8) is 0 Å². The summed E-state index contributed by atoms with van der Waals surface area (Å²) in [5, 5.41) is 1.39. The molecule has 4 rings (SSSR count).